The minimum Gasteiger partial charge on any atom is -0.394 e. The third-order valence-electron chi connectivity index (χ3n) is 2.41. The van der Waals surface area contributed by atoms with E-state index in [9.17, 15) is 0 Å². The normalized spacial score (nSPS) is 10.2. The van der Waals surface area contributed by atoms with E-state index < -0.39 is 0 Å². The van der Waals surface area contributed by atoms with E-state index in [2.05, 4.69) is 38.0 Å². The molecule has 0 saturated heterocycles. The zero-order valence-electron chi connectivity index (χ0n) is 9.47. The lowest BCUT2D eigenvalue weighted by atomic mass is 10.2. The average Bonchev–Trinajstić information content (AvgIpc) is 2.32. The number of nitrogens with zero attached hydrogens (tertiary/aromatic N) is 3. The van der Waals surface area contributed by atoms with E-state index in [0.717, 1.165) is 16.8 Å². The van der Waals surface area contributed by atoms with Crippen molar-refractivity contribution in [2.24, 2.45) is 0 Å². The Balaban J connectivity index is 2.14. The third kappa shape index (κ3) is 2.94. The first kappa shape index (κ1) is 11.9. The molecule has 5 heteroatoms. The molecule has 0 saturated carbocycles. The van der Waals surface area contributed by atoms with Crippen LogP contribution in [0.15, 0.2) is 41.3 Å². The van der Waals surface area contributed by atoms with Crippen LogP contribution in [-0.2, 0) is 6.54 Å². The quantitative estimate of drug-likeness (QED) is 0.944. The smallest absolute Gasteiger partial charge is 0.155 e. The predicted molar refractivity (Wildman–Crippen MR) is 72.7 cm³/mol. The van der Waals surface area contributed by atoms with Gasteiger partial charge in [0.1, 0.15) is 6.33 Å². The van der Waals surface area contributed by atoms with Crippen molar-refractivity contribution in [1.29, 1.82) is 0 Å². The number of nitrogen functional groups attached to an aromatic ring is 1. The Morgan fingerprint density at radius 3 is 2.65 bits per heavy atom. The van der Waals surface area contributed by atoms with Gasteiger partial charge in [0, 0.05) is 18.1 Å². The van der Waals surface area contributed by atoms with Crippen LogP contribution in [0, 0.1) is 0 Å². The highest BCUT2D eigenvalue weighted by Gasteiger charge is 2.07. The van der Waals surface area contributed by atoms with Crippen molar-refractivity contribution in [1.82, 2.24) is 9.97 Å². The molecule has 0 aliphatic heterocycles. The molecule has 1 aromatic heterocycles. The molecule has 0 radical (unpaired) electrons. The van der Waals surface area contributed by atoms with Crippen molar-refractivity contribution in [2.45, 2.75) is 6.54 Å². The zero-order chi connectivity index (χ0) is 12.3. The molecule has 1 heterocycles. The molecule has 1 aromatic carbocycles. The molecule has 2 N–H and O–H groups in total. The fraction of sp³-hybridized carbons (Fsp3) is 0.167. The van der Waals surface area contributed by atoms with Crippen LogP contribution < -0.4 is 10.6 Å². The Kier molecular flexibility index (Phi) is 3.58. The Bertz CT molecular complexity index is 498. The van der Waals surface area contributed by atoms with Gasteiger partial charge in [0.05, 0.1) is 11.9 Å². The first-order chi connectivity index (χ1) is 8.16. The molecule has 0 fully saturated rings. The van der Waals surface area contributed by atoms with E-state index in [1.54, 1.807) is 6.20 Å². The van der Waals surface area contributed by atoms with Crippen LogP contribution in [0.2, 0.25) is 0 Å². The van der Waals surface area contributed by atoms with Crippen LogP contribution in [0.25, 0.3) is 0 Å². The van der Waals surface area contributed by atoms with Gasteiger partial charge in [-0.15, -0.1) is 0 Å². The van der Waals surface area contributed by atoms with E-state index in [4.69, 9.17) is 5.73 Å². The second-order valence-corrected chi connectivity index (χ2v) is 4.70. The summed E-state index contributed by atoms with van der Waals surface area (Å²) in [5.41, 5.74) is 7.62. The lowest BCUT2D eigenvalue weighted by Crippen LogP contribution is -2.19. The number of halogens is 1. The van der Waals surface area contributed by atoms with Gasteiger partial charge in [0.25, 0.3) is 0 Å². The minimum atomic E-state index is 0.590. The molecule has 2 aromatic rings. The van der Waals surface area contributed by atoms with Gasteiger partial charge in [-0.1, -0.05) is 28.1 Å². The Morgan fingerprint density at radius 1 is 1.29 bits per heavy atom. The number of hydrogen-bond acceptors (Lipinski definition) is 4. The maximum absolute atomic E-state index is 5.83. The fourth-order valence-electron chi connectivity index (χ4n) is 1.59. The summed E-state index contributed by atoms with van der Waals surface area (Å²) in [6, 6.07) is 8.18. The Hall–Kier alpha value is -1.62. The highest BCUT2D eigenvalue weighted by atomic mass is 79.9. The summed E-state index contributed by atoms with van der Waals surface area (Å²) in [6.07, 6.45) is 3.12. The highest BCUT2D eigenvalue weighted by Crippen LogP contribution is 2.19. The van der Waals surface area contributed by atoms with Gasteiger partial charge < -0.3 is 10.6 Å². The first-order valence-electron chi connectivity index (χ1n) is 5.18. The van der Waals surface area contributed by atoms with Crippen molar-refractivity contribution in [3.63, 3.8) is 0 Å². The molecule has 0 aliphatic carbocycles. The number of nitrogens with two attached hydrogens (primary N) is 1. The summed E-state index contributed by atoms with van der Waals surface area (Å²) in [5.74, 6) is 0.753. The van der Waals surface area contributed by atoms with Gasteiger partial charge in [-0.3, -0.25) is 0 Å². The fourth-order valence-corrected chi connectivity index (χ4v) is 1.86. The molecule has 88 valence electrons. The van der Waals surface area contributed by atoms with Gasteiger partial charge in [-0.2, -0.15) is 0 Å². The summed E-state index contributed by atoms with van der Waals surface area (Å²) >= 11 is 3.41. The second-order valence-electron chi connectivity index (χ2n) is 3.78. The van der Waals surface area contributed by atoms with Gasteiger partial charge in [0.15, 0.2) is 5.82 Å². The average molecular weight is 293 g/mol. The van der Waals surface area contributed by atoms with Crippen LogP contribution in [0.5, 0.6) is 0 Å². The van der Waals surface area contributed by atoms with Gasteiger partial charge in [-0.25, -0.2) is 9.97 Å². The van der Waals surface area contributed by atoms with Crippen LogP contribution >= 0.6 is 15.9 Å². The molecule has 17 heavy (non-hydrogen) atoms. The van der Waals surface area contributed by atoms with E-state index in [1.165, 1.54) is 11.9 Å². The lowest BCUT2D eigenvalue weighted by molar-refractivity contribution is 0.893. The summed E-state index contributed by atoms with van der Waals surface area (Å²) in [4.78, 5) is 10.0. The molecule has 4 nitrogen and oxygen atoms in total. The SMILES string of the molecule is CN(Cc1ccc(Br)cc1)c1ncncc1N. The van der Waals surface area contributed by atoms with Crippen LogP contribution in [0.3, 0.4) is 0 Å². The summed E-state index contributed by atoms with van der Waals surface area (Å²) in [6.45, 7) is 0.758. The van der Waals surface area contributed by atoms with Crippen molar-refractivity contribution < 1.29 is 0 Å². The van der Waals surface area contributed by atoms with E-state index in [1.807, 2.05) is 24.1 Å². The van der Waals surface area contributed by atoms with Crippen LogP contribution in [-0.4, -0.2) is 17.0 Å². The predicted octanol–water partition coefficient (Wildman–Crippen LogP) is 2.46. The summed E-state index contributed by atoms with van der Waals surface area (Å²) in [5, 5.41) is 0. The number of hydrogen-bond donors (Lipinski definition) is 1. The molecular weight excluding hydrogens is 280 g/mol. The molecule has 2 rings (SSSR count). The van der Waals surface area contributed by atoms with Crippen LogP contribution in [0.4, 0.5) is 11.5 Å². The van der Waals surface area contributed by atoms with Crippen molar-refractivity contribution in [3.05, 3.63) is 46.8 Å². The monoisotopic (exact) mass is 292 g/mol. The van der Waals surface area contributed by atoms with Gasteiger partial charge in [0.2, 0.25) is 0 Å². The standard InChI is InChI=1S/C12H13BrN4/c1-17(12-11(14)6-15-8-16-12)7-9-2-4-10(13)5-3-9/h2-6,8H,7,14H2,1H3. The first-order valence-corrected chi connectivity index (χ1v) is 5.97. The van der Waals surface area contributed by atoms with Gasteiger partial charge in [-0.05, 0) is 17.7 Å². The zero-order valence-corrected chi connectivity index (χ0v) is 11.1. The van der Waals surface area contributed by atoms with E-state index in [-0.39, 0.29) is 0 Å². The highest BCUT2D eigenvalue weighted by molar-refractivity contribution is 9.10. The minimum absolute atomic E-state index is 0.590. The van der Waals surface area contributed by atoms with Crippen molar-refractivity contribution in [2.75, 3.05) is 17.7 Å². The molecule has 0 aliphatic rings. The topological polar surface area (TPSA) is 55.0 Å². The second kappa shape index (κ2) is 5.14. The Morgan fingerprint density at radius 2 is 2.00 bits per heavy atom. The van der Waals surface area contributed by atoms with Crippen molar-refractivity contribution in [3.8, 4) is 0 Å². The maximum Gasteiger partial charge on any atom is 0.155 e. The molecule has 0 bridgehead atoms. The number of aromatic nitrogens is 2. The molecule has 0 unspecified atom stereocenters. The number of anilines is 2. The summed E-state index contributed by atoms with van der Waals surface area (Å²) in [7, 11) is 1.96. The van der Waals surface area contributed by atoms with Gasteiger partial charge >= 0.3 is 0 Å². The van der Waals surface area contributed by atoms with E-state index >= 15 is 0 Å². The lowest BCUT2D eigenvalue weighted by Gasteiger charge is -2.19. The third-order valence-corrected chi connectivity index (χ3v) is 2.94. The maximum atomic E-state index is 5.83. The van der Waals surface area contributed by atoms with E-state index in [0.29, 0.717) is 5.69 Å². The molecule has 0 spiro atoms. The largest absolute Gasteiger partial charge is 0.394 e. The molecule has 0 amide bonds. The summed E-state index contributed by atoms with van der Waals surface area (Å²) < 4.78 is 1.07. The number of benzene rings is 1. The molecule has 0 atom stereocenters. The van der Waals surface area contributed by atoms with Crippen LogP contribution in [0.1, 0.15) is 5.56 Å². The van der Waals surface area contributed by atoms with Crippen molar-refractivity contribution >= 4 is 27.4 Å². The molecular formula is C12H13BrN4. The number of rotatable bonds is 3. The Labute approximate surface area is 109 Å².